The topological polar surface area (TPSA) is 94.3 Å². The van der Waals surface area contributed by atoms with Crippen LogP contribution < -0.4 is 5.32 Å². The van der Waals surface area contributed by atoms with E-state index in [1.165, 1.54) is 0 Å². The van der Waals surface area contributed by atoms with E-state index in [-0.39, 0.29) is 23.9 Å². The Balaban J connectivity index is 1.57. The lowest BCUT2D eigenvalue weighted by Crippen LogP contribution is -2.32. The molecule has 7 nitrogen and oxygen atoms in total. The zero-order chi connectivity index (χ0) is 21.3. The Kier molecular flexibility index (Phi) is 5.35. The molecule has 0 spiro atoms. The van der Waals surface area contributed by atoms with Gasteiger partial charge in [-0.05, 0) is 42.2 Å². The summed E-state index contributed by atoms with van der Waals surface area (Å²) in [4.78, 5) is 29.6. The molecule has 1 N–H and O–H groups in total. The molecule has 4 rings (SSSR count). The van der Waals surface area contributed by atoms with Crippen LogP contribution in [-0.2, 0) is 11.2 Å². The molecule has 0 aliphatic carbocycles. The summed E-state index contributed by atoms with van der Waals surface area (Å²) < 4.78 is 10.8. The molecule has 0 saturated heterocycles. The standard InChI is InChI=1S/C23H23N3O4/c1-13(2)20(22-24-14(3)26-30-22)25-21(27)16-9-10-18-17(11-16)12-19(29-23(18)28)15-7-5-4-6-8-15/h4-11,13,19-20H,12H2,1-3H3,(H,25,27)/t19-,20+/m1/s1. The van der Waals surface area contributed by atoms with Crippen molar-refractivity contribution in [3.05, 3.63) is 82.5 Å². The van der Waals surface area contributed by atoms with Gasteiger partial charge in [-0.2, -0.15) is 4.98 Å². The molecule has 2 atom stereocenters. The van der Waals surface area contributed by atoms with Crippen molar-refractivity contribution in [1.82, 2.24) is 15.5 Å². The SMILES string of the molecule is Cc1noc([C@@H](NC(=O)c2ccc3c(c2)C[C@H](c2ccccc2)OC3=O)C(C)C)n1. The zero-order valence-corrected chi connectivity index (χ0v) is 17.1. The van der Waals surface area contributed by atoms with E-state index < -0.39 is 6.04 Å². The minimum Gasteiger partial charge on any atom is -0.454 e. The molecule has 0 saturated carbocycles. The second kappa shape index (κ2) is 8.10. The average Bonchev–Trinajstić information content (AvgIpc) is 3.17. The normalized spacial score (nSPS) is 16.7. The maximum Gasteiger partial charge on any atom is 0.339 e. The van der Waals surface area contributed by atoms with Crippen LogP contribution in [0.4, 0.5) is 0 Å². The molecular formula is C23H23N3O4. The molecule has 2 aromatic carbocycles. The first-order valence-corrected chi connectivity index (χ1v) is 9.92. The third-order valence-electron chi connectivity index (χ3n) is 5.18. The quantitative estimate of drug-likeness (QED) is 0.646. The van der Waals surface area contributed by atoms with E-state index in [0.717, 1.165) is 11.1 Å². The zero-order valence-electron chi connectivity index (χ0n) is 17.1. The maximum absolute atomic E-state index is 12.9. The average molecular weight is 405 g/mol. The summed E-state index contributed by atoms with van der Waals surface area (Å²) >= 11 is 0. The molecular weight excluding hydrogens is 382 g/mol. The predicted molar refractivity (Wildman–Crippen MR) is 109 cm³/mol. The van der Waals surface area contributed by atoms with Crippen LogP contribution in [0.25, 0.3) is 0 Å². The maximum atomic E-state index is 12.9. The largest absolute Gasteiger partial charge is 0.454 e. The van der Waals surface area contributed by atoms with Crippen LogP contribution in [0.1, 0.15) is 69.6 Å². The minimum atomic E-state index is -0.406. The second-order valence-corrected chi connectivity index (χ2v) is 7.76. The Hall–Kier alpha value is -3.48. The summed E-state index contributed by atoms with van der Waals surface area (Å²) in [7, 11) is 0. The van der Waals surface area contributed by atoms with Crippen molar-refractivity contribution in [1.29, 1.82) is 0 Å². The fraction of sp³-hybridized carbons (Fsp3) is 0.304. The molecule has 0 fully saturated rings. The van der Waals surface area contributed by atoms with Crippen LogP contribution in [0.2, 0.25) is 0 Å². The number of aromatic nitrogens is 2. The summed E-state index contributed by atoms with van der Waals surface area (Å²) in [5.74, 6) is 0.315. The predicted octanol–water partition coefficient (Wildman–Crippen LogP) is 3.96. The van der Waals surface area contributed by atoms with Gasteiger partial charge < -0.3 is 14.6 Å². The number of aryl methyl sites for hydroxylation is 1. The first-order valence-electron chi connectivity index (χ1n) is 9.92. The van der Waals surface area contributed by atoms with Crippen molar-refractivity contribution in [3.63, 3.8) is 0 Å². The number of fused-ring (bicyclic) bond motifs is 1. The monoisotopic (exact) mass is 405 g/mol. The number of esters is 1. The van der Waals surface area contributed by atoms with E-state index >= 15 is 0 Å². The smallest absolute Gasteiger partial charge is 0.339 e. The van der Waals surface area contributed by atoms with E-state index in [9.17, 15) is 9.59 Å². The van der Waals surface area contributed by atoms with Gasteiger partial charge in [0.1, 0.15) is 12.1 Å². The molecule has 30 heavy (non-hydrogen) atoms. The molecule has 1 aliphatic heterocycles. The molecule has 1 aromatic heterocycles. The Bertz CT molecular complexity index is 1080. The van der Waals surface area contributed by atoms with Gasteiger partial charge in [-0.1, -0.05) is 49.3 Å². The van der Waals surface area contributed by atoms with Crippen LogP contribution in [0.15, 0.2) is 53.1 Å². The number of nitrogens with zero attached hydrogens (tertiary/aromatic N) is 2. The Morgan fingerprint density at radius 2 is 1.93 bits per heavy atom. The highest BCUT2D eigenvalue weighted by Gasteiger charge is 2.29. The third-order valence-corrected chi connectivity index (χ3v) is 5.18. The number of ether oxygens (including phenoxy) is 1. The lowest BCUT2D eigenvalue weighted by molar-refractivity contribution is 0.0252. The van der Waals surface area contributed by atoms with Crippen molar-refractivity contribution >= 4 is 11.9 Å². The van der Waals surface area contributed by atoms with Crippen LogP contribution >= 0.6 is 0 Å². The first kappa shape index (κ1) is 19.8. The lowest BCUT2D eigenvalue weighted by Gasteiger charge is -2.25. The highest BCUT2D eigenvalue weighted by atomic mass is 16.5. The van der Waals surface area contributed by atoms with E-state index in [0.29, 0.717) is 29.3 Å². The number of carbonyl (C=O) groups is 2. The van der Waals surface area contributed by atoms with Crippen molar-refractivity contribution in [2.75, 3.05) is 0 Å². The van der Waals surface area contributed by atoms with Crippen LogP contribution in [0, 0.1) is 12.8 Å². The Morgan fingerprint density at radius 3 is 2.60 bits per heavy atom. The van der Waals surface area contributed by atoms with Gasteiger partial charge in [0.05, 0.1) is 5.56 Å². The fourth-order valence-electron chi connectivity index (χ4n) is 3.57. The van der Waals surface area contributed by atoms with E-state index in [4.69, 9.17) is 9.26 Å². The van der Waals surface area contributed by atoms with Crippen LogP contribution in [0.5, 0.6) is 0 Å². The van der Waals surface area contributed by atoms with Crippen molar-refractivity contribution in [2.45, 2.75) is 39.3 Å². The van der Waals surface area contributed by atoms with Gasteiger partial charge in [-0.25, -0.2) is 4.79 Å². The van der Waals surface area contributed by atoms with Gasteiger partial charge in [0.2, 0.25) is 5.89 Å². The lowest BCUT2D eigenvalue weighted by atomic mass is 9.93. The summed E-state index contributed by atoms with van der Waals surface area (Å²) in [5.41, 5.74) is 2.68. The number of hydrogen-bond donors (Lipinski definition) is 1. The molecule has 2 heterocycles. The van der Waals surface area contributed by atoms with Crippen molar-refractivity contribution < 1.29 is 18.8 Å². The number of rotatable bonds is 5. The summed E-state index contributed by atoms with van der Waals surface area (Å²) in [6.45, 7) is 5.67. The number of carbonyl (C=O) groups excluding carboxylic acids is 2. The summed E-state index contributed by atoms with van der Waals surface area (Å²) in [6.07, 6.45) is 0.150. The van der Waals surface area contributed by atoms with Gasteiger partial charge in [0, 0.05) is 12.0 Å². The van der Waals surface area contributed by atoms with Crippen molar-refractivity contribution in [2.24, 2.45) is 5.92 Å². The summed E-state index contributed by atoms with van der Waals surface area (Å²) in [6, 6.07) is 14.2. The molecule has 0 bridgehead atoms. The molecule has 3 aromatic rings. The van der Waals surface area contributed by atoms with Gasteiger partial charge >= 0.3 is 5.97 Å². The number of amides is 1. The van der Waals surface area contributed by atoms with Crippen molar-refractivity contribution in [3.8, 4) is 0 Å². The van der Waals surface area contributed by atoms with Crippen LogP contribution in [0.3, 0.4) is 0 Å². The number of cyclic esters (lactones) is 1. The number of hydrogen-bond acceptors (Lipinski definition) is 6. The van der Waals surface area contributed by atoms with Crippen LogP contribution in [-0.4, -0.2) is 22.0 Å². The highest BCUT2D eigenvalue weighted by Crippen LogP contribution is 2.31. The van der Waals surface area contributed by atoms with E-state index in [2.05, 4.69) is 15.5 Å². The van der Waals surface area contributed by atoms with Gasteiger partial charge in [0.15, 0.2) is 5.82 Å². The molecule has 1 aliphatic rings. The van der Waals surface area contributed by atoms with Gasteiger partial charge in [-0.15, -0.1) is 0 Å². The Labute approximate surface area is 174 Å². The first-order chi connectivity index (χ1) is 14.4. The molecule has 154 valence electrons. The molecule has 7 heteroatoms. The van der Waals surface area contributed by atoms with Gasteiger partial charge in [0.25, 0.3) is 5.91 Å². The molecule has 1 amide bonds. The fourth-order valence-corrected chi connectivity index (χ4v) is 3.57. The molecule has 0 unspecified atom stereocenters. The van der Waals surface area contributed by atoms with E-state index in [1.54, 1.807) is 25.1 Å². The highest BCUT2D eigenvalue weighted by molar-refractivity contribution is 5.98. The van der Waals surface area contributed by atoms with Gasteiger partial charge in [-0.3, -0.25) is 4.79 Å². The molecule has 0 radical (unpaired) electrons. The van der Waals surface area contributed by atoms with E-state index in [1.807, 2.05) is 44.2 Å². The minimum absolute atomic E-state index is 0.0591. The second-order valence-electron chi connectivity index (χ2n) is 7.76. The Morgan fingerprint density at radius 1 is 1.17 bits per heavy atom. The summed E-state index contributed by atoms with van der Waals surface area (Å²) in [5, 5.41) is 6.79. The number of nitrogens with one attached hydrogen (secondary N) is 1. The third kappa shape index (κ3) is 3.96. The number of benzene rings is 2.